The number of hydrogen-bond donors (Lipinski definition) is 2. The minimum Gasteiger partial charge on any atom is -0.399 e. The molecule has 1 amide bonds. The average molecular weight is 164 g/mol. The fourth-order valence-electron chi connectivity index (χ4n) is 0.738. The maximum atomic E-state index is 10.7. The number of benzene rings is 1. The lowest BCUT2D eigenvalue weighted by atomic mass is 10.3. The molecule has 1 rings (SSSR count). The van der Waals surface area contributed by atoms with Gasteiger partial charge in [-0.2, -0.15) is 0 Å². The molecule has 0 aliphatic carbocycles. The van der Waals surface area contributed by atoms with Crippen LogP contribution in [0.25, 0.3) is 0 Å². The van der Waals surface area contributed by atoms with Gasteiger partial charge in [-0.3, -0.25) is 4.79 Å². The highest BCUT2D eigenvalue weighted by atomic mass is 16.1. The van der Waals surface area contributed by atoms with E-state index in [0.29, 0.717) is 11.4 Å². The van der Waals surface area contributed by atoms with E-state index in [1.165, 1.54) is 0 Å². The number of hydrogen-bond acceptors (Lipinski definition) is 3. The standard InChI is InChI=1S/C8H10N3O/c9-5-8(12)11-7-3-1-6(10)2-4-7/h1-4H,5,9-10H2. The Labute approximate surface area is 70.6 Å². The normalized spacial score (nSPS) is 9.42. The minimum absolute atomic E-state index is 0.0651. The lowest BCUT2D eigenvalue weighted by molar-refractivity contribution is -0.118. The summed E-state index contributed by atoms with van der Waals surface area (Å²) in [7, 11) is 0. The Bertz CT molecular complexity index is 268. The minimum atomic E-state index is -0.334. The summed E-state index contributed by atoms with van der Waals surface area (Å²) in [5.74, 6) is -0.334. The first-order chi connectivity index (χ1) is 5.72. The Morgan fingerprint density at radius 1 is 1.33 bits per heavy atom. The van der Waals surface area contributed by atoms with Gasteiger partial charge in [-0.1, -0.05) is 0 Å². The molecule has 0 bridgehead atoms. The third-order valence-corrected chi connectivity index (χ3v) is 1.32. The molecule has 12 heavy (non-hydrogen) atoms. The van der Waals surface area contributed by atoms with Gasteiger partial charge in [-0.15, -0.1) is 0 Å². The van der Waals surface area contributed by atoms with E-state index in [4.69, 9.17) is 11.5 Å². The summed E-state index contributed by atoms with van der Waals surface area (Å²) < 4.78 is 0. The second-order valence-corrected chi connectivity index (χ2v) is 2.30. The maximum absolute atomic E-state index is 10.7. The zero-order valence-corrected chi connectivity index (χ0v) is 6.53. The van der Waals surface area contributed by atoms with Gasteiger partial charge in [0.2, 0.25) is 0 Å². The Hall–Kier alpha value is -1.55. The van der Waals surface area contributed by atoms with Crippen molar-refractivity contribution in [2.75, 3.05) is 12.3 Å². The van der Waals surface area contributed by atoms with Crippen LogP contribution in [0.5, 0.6) is 0 Å². The molecule has 0 unspecified atom stereocenters. The Morgan fingerprint density at radius 3 is 2.42 bits per heavy atom. The van der Waals surface area contributed by atoms with Crippen molar-refractivity contribution < 1.29 is 4.79 Å². The lowest BCUT2D eigenvalue weighted by Gasteiger charge is -1.99. The summed E-state index contributed by atoms with van der Waals surface area (Å²) in [6.45, 7) is -0.0651. The van der Waals surface area contributed by atoms with E-state index < -0.39 is 0 Å². The van der Waals surface area contributed by atoms with Crippen molar-refractivity contribution in [3.63, 3.8) is 0 Å². The number of nitrogens with two attached hydrogens (primary N) is 2. The molecule has 0 aliphatic rings. The van der Waals surface area contributed by atoms with Crippen LogP contribution in [0.15, 0.2) is 24.3 Å². The lowest BCUT2D eigenvalue weighted by Crippen LogP contribution is -2.20. The van der Waals surface area contributed by atoms with E-state index in [-0.39, 0.29) is 12.5 Å². The van der Waals surface area contributed by atoms with Gasteiger partial charge < -0.3 is 11.5 Å². The number of nitrogens with zero attached hydrogens (tertiary/aromatic N) is 1. The first kappa shape index (κ1) is 8.55. The summed E-state index contributed by atoms with van der Waals surface area (Å²) in [5, 5.41) is 3.70. The zero-order valence-electron chi connectivity index (χ0n) is 6.53. The van der Waals surface area contributed by atoms with Crippen molar-refractivity contribution in [3.8, 4) is 0 Å². The molecular weight excluding hydrogens is 154 g/mol. The highest BCUT2D eigenvalue weighted by molar-refractivity contribution is 5.82. The summed E-state index contributed by atoms with van der Waals surface area (Å²) in [6.07, 6.45) is 0. The smallest absolute Gasteiger partial charge is 0.259 e. The van der Waals surface area contributed by atoms with Crippen molar-refractivity contribution in [2.45, 2.75) is 0 Å². The van der Waals surface area contributed by atoms with Crippen LogP contribution in [-0.2, 0) is 4.79 Å². The van der Waals surface area contributed by atoms with E-state index in [1.807, 2.05) is 0 Å². The molecule has 0 aliphatic heterocycles. The summed E-state index contributed by atoms with van der Waals surface area (Å²) >= 11 is 0. The van der Waals surface area contributed by atoms with Crippen LogP contribution in [0, 0.1) is 0 Å². The van der Waals surface area contributed by atoms with Crippen molar-refractivity contribution >= 4 is 17.3 Å². The summed E-state index contributed by atoms with van der Waals surface area (Å²) in [4.78, 5) is 10.7. The van der Waals surface area contributed by atoms with Gasteiger partial charge in [0.25, 0.3) is 5.91 Å². The molecule has 1 aromatic rings. The third-order valence-electron chi connectivity index (χ3n) is 1.32. The van der Waals surface area contributed by atoms with Gasteiger partial charge >= 0.3 is 0 Å². The SMILES string of the molecule is NCC(=O)[N]c1ccc(N)cc1. The molecule has 0 saturated heterocycles. The van der Waals surface area contributed by atoms with Crippen LogP contribution in [0.4, 0.5) is 11.4 Å². The van der Waals surface area contributed by atoms with Crippen molar-refractivity contribution in [1.29, 1.82) is 0 Å². The zero-order chi connectivity index (χ0) is 8.97. The maximum Gasteiger partial charge on any atom is 0.259 e. The fraction of sp³-hybridized carbons (Fsp3) is 0.125. The Kier molecular flexibility index (Phi) is 2.66. The molecule has 4 N–H and O–H groups in total. The monoisotopic (exact) mass is 164 g/mol. The van der Waals surface area contributed by atoms with Crippen LogP contribution >= 0.6 is 0 Å². The molecule has 0 aromatic heterocycles. The fourth-order valence-corrected chi connectivity index (χ4v) is 0.738. The van der Waals surface area contributed by atoms with Gasteiger partial charge in [0.15, 0.2) is 0 Å². The molecule has 4 nitrogen and oxygen atoms in total. The molecule has 0 spiro atoms. The molecule has 1 aromatic carbocycles. The predicted molar refractivity (Wildman–Crippen MR) is 46.7 cm³/mol. The van der Waals surface area contributed by atoms with Crippen molar-refractivity contribution in [3.05, 3.63) is 24.3 Å². The number of amides is 1. The van der Waals surface area contributed by atoms with Gasteiger partial charge in [-0.25, -0.2) is 5.32 Å². The molecule has 0 heterocycles. The molecular formula is C8H10N3O. The van der Waals surface area contributed by atoms with Crippen molar-refractivity contribution in [1.82, 2.24) is 5.32 Å². The molecule has 0 atom stereocenters. The topological polar surface area (TPSA) is 83.2 Å². The van der Waals surface area contributed by atoms with Crippen LogP contribution in [0.2, 0.25) is 0 Å². The third kappa shape index (κ3) is 2.25. The first-order valence-electron chi connectivity index (χ1n) is 3.52. The number of carbonyl (C=O) groups excluding carboxylic acids is 1. The van der Waals surface area contributed by atoms with Crippen LogP contribution < -0.4 is 16.8 Å². The van der Waals surface area contributed by atoms with Gasteiger partial charge in [0.05, 0.1) is 12.2 Å². The number of nitrogen functional groups attached to an aromatic ring is 1. The van der Waals surface area contributed by atoms with Crippen LogP contribution in [0.3, 0.4) is 0 Å². The Morgan fingerprint density at radius 2 is 1.92 bits per heavy atom. The van der Waals surface area contributed by atoms with E-state index in [1.54, 1.807) is 24.3 Å². The highest BCUT2D eigenvalue weighted by Gasteiger charge is 1.99. The first-order valence-corrected chi connectivity index (χ1v) is 3.52. The molecule has 0 fully saturated rings. The molecule has 63 valence electrons. The van der Waals surface area contributed by atoms with Gasteiger partial charge in [-0.05, 0) is 24.3 Å². The molecule has 4 heteroatoms. The largest absolute Gasteiger partial charge is 0.399 e. The van der Waals surface area contributed by atoms with Gasteiger partial charge in [0.1, 0.15) is 0 Å². The van der Waals surface area contributed by atoms with Crippen LogP contribution in [0.1, 0.15) is 0 Å². The van der Waals surface area contributed by atoms with Crippen LogP contribution in [-0.4, -0.2) is 12.5 Å². The summed E-state index contributed by atoms with van der Waals surface area (Å²) in [6, 6.07) is 6.71. The molecule has 1 radical (unpaired) electrons. The van der Waals surface area contributed by atoms with Gasteiger partial charge in [0, 0.05) is 5.69 Å². The number of carbonyl (C=O) groups is 1. The number of anilines is 1. The average Bonchev–Trinajstić information content (AvgIpc) is 2.09. The van der Waals surface area contributed by atoms with Crippen molar-refractivity contribution in [2.24, 2.45) is 5.73 Å². The number of rotatable bonds is 2. The second kappa shape index (κ2) is 3.73. The van der Waals surface area contributed by atoms with E-state index in [2.05, 4.69) is 5.32 Å². The Balaban J connectivity index is 2.64. The van der Waals surface area contributed by atoms with E-state index >= 15 is 0 Å². The van der Waals surface area contributed by atoms with E-state index in [0.717, 1.165) is 0 Å². The quantitative estimate of drug-likeness (QED) is 0.603. The highest BCUT2D eigenvalue weighted by Crippen LogP contribution is 2.09. The second-order valence-electron chi connectivity index (χ2n) is 2.30. The van der Waals surface area contributed by atoms with E-state index in [9.17, 15) is 4.79 Å². The molecule has 0 saturated carbocycles. The predicted octanol–water partition coefficient (Wildman–Crippen LogP) is -0.0100. The summed E-state index contributed by atoms with van der Waals surface area (Å²) in [5.41, 5.74) is 11.8.